The number of rotatable bonds is 4. The molecule has 0 atom stereocenters. The molecule has 11 heteroatoms. The third kappa shape index (κ3) is 5.43. The highest BCUT2D eigenvalue weighted by Gasteiger charge is 2.40. The molecule has 3 fully saturated rings. The fourth-order valence-electron chi connectivity index (χ4n) is 6.21. The predicted molar refractivity (Wildman–Crippen MR) is 142 cm³/mol. The Balaban J connectivity index is 0.985. The largest absolute Gasteiger partial charge is 0.338 e. The van der Waals surface area contributed by atoms with Gasteiger partial charge >= 0.3 is 0 Å². The van der Waals surface area contributed by atoms with E-state index in [2.05, 4.69) is 9.88 Å². The summed E-state index contributed by atoms with van der Waals surface area (Å²) in [6, 6.07) is 6.04. The molecule has 2 aromatic rings. The van der Waals surface area contributed by atoms with Crippen molar-refractivity contribution in [1.29, 1.82) is 0 Å². The van der Waals surface area contributed by atoms with Crippen LogP contribution >= 0.6 is 11.3 Å². The molecule has 0 bridgehead atoms. The minimum atomic E-state index is -2.64. The average molecular weight is 558 g/mol. The summed E-state index contributed by atoms with van der Waals surface area (Å²) >= 11 is 1.36. The summed E-state index contributed by atoms with van der Waals surface area (Å²) in [6.07, 6.45) is 2.40. The molecule has 0 spiro atoms. The standard InChI is InChI=1S/C28H33F2N5O3S/c29-28(30)6-3-19(4-7-28)25(36)34-9-5-20-15-21(1-2-22(20)16-34)26(37)35-17-23(18-35)32-10-12-33(13-11-32)27(38)24-31-8-14-39-24/h1-2,8,14-15,19,23H,3-7,9-13,16-18H2. The lowest BCUT2D eigenvalue weighted by Gasteiger charge is -2.48. The molecule has 8 nitrogen and oxygen atoms in total. The number of benzene rings is 1. The zero-order valence-electron chi connectivity index (χ0n) is 21.9. The maximum atomic E-state index is 13.5. The van der Waals surface area contributed by atoms with Gasteiger partial charge in [0.05, 0.1) is 0 Å². The minimum absolute atomic E-state index is 0.00592. The normalized spacial score (nSPS) is 22.4. The molecule has 1 aliphatic carbocycles. The van der Waals surface area contributed by atoms with Crippen LogP contribution < -0.4 is 0 Å². The van der Waals surface area contributed by atoms with E-state index in [1.54, 1.807) is 11.1 Å². The van der Waals surface area contributed by atoms with Crippen molar-refractivity contribution in [2.45, 2.75) is 50.6 Å². The van der Waals surface area contributed by atoms with Crippen LogP contribution in [-0.4, -0.2) is 100 Å². The summed E-state index contributed by atoms with van der Waals surface area (Å²) in [6.45, 7) is 5.30. The molecule has 0 radical (unpaired) electrons. The fraction of sp³-hybridized carbons (Fsp3) is 0.571. The van der Waals surface area contributed by atoms with Gasteiger partial charge in [-0.05, 0) is 42.5 Å². The number of alkyl halides is 2. The Labute approximate surface area is 230 Å². The molecule has 3 amide bonds. The molecule has 0 N–H and O–H groups in total. The zero-order chi connectivity index (χ0) is 27.1. The lowest BCUT2D eigenvalue weighted by atomic mass is 9.85. The number of piperazine rings is 1. The van der Waals surface area contributed by atoms with Crippen LogP contribution in [0.3, 0.4) is 0 Å². The number of likely N-dealkylation sites (tertiary alicyclic amines) is 1. The lowest BCUT2D eigenvalue weighted by Crippen LogP contribution is -2.64. The van der Waals surface area contributed by atoms with Crippen molar-refractivity contribution in [3.8, 4) is 0 Å². The van der Waals surface area contributed by atoms with Crippen molar-refractivity contribution in [2.75, 3.05) is 45.8 Å². The summed E-state index contributed by atoms with van der Waals surface area (Å²) in [5.74, 6) is -2.95. The Morgan fingerprint density at radius 3 is 2.33 bits per heavy atom. The van der Waals surface area contributed by atoms with Crippen LogP contribution in [0.25, 0.3) is 0 Å². The Morgan fingerprint density at radius 2 is 1.64 bits per heavy atom. The number of hydrogen-bond acceptors (Lipinski definition) is 6. The van der Waals surface area contributed by atoms with Crippen LogP contribution in [0.15, 0.2) is 29.8 Å². The first kappa shape index (κ1) is 26.3. The first-order valence-electron chi connectivity index (χ1n) is 13.8. The molecule has 39 heavy (non-hydrogen) atoms. The average Bonchev–Trinajstić information content (AvgIpc) is 3.46. The van der Waals surface area contributed by atoms with Crippen LogP contribution in [-0.2, 0) is 17.8 Å². The number of aromatic nitrogens is 1. The van der Waals surface area contributed by atoms with Gasteiger partial charge in [-0.3, -0.25) is 19.3 Å². The molecule has 208 valence electrons. The van der Waals surface area contributed by atoms with Crippen LogP contribution in [0.2, 0.25) is 0 Å². The maximum absolute atomic E-state index is 13.5. The van der Waals surface area contributed by atoms with Gasteiger partial charge in [-0.1, -0.05) is 6.07 Å². The van der Waals surface area contributed by atoms with E-state index in [1.165, 1.54) is 11.3 Å². The van der Waals surface area contributed by atoms with Gasteiger partial charge in [0.2, 0.25) is 11.8 Å². The van der Waals surface area contributed by atoms with Gasteiger partial charge in [-0.15, -0.1) is 11.3 Å². The van der Waals surface area contributed by atoms with Crippen LogP contribution in [0.5, 0.6) is 0 Å². The molecule has 1 aromatic heterocycles. The highest BCUT2D eigenvalue weighted by Crippen LogP contribution is 2.37. The first-order chi connectivity index (χ1) is 18.8. The Bertz CT molecular complexity index is 1230. The molecule has 1 aromatic carbocycles. The molecule has 2 saturated heterocycles. The summed E-state index contributed by atoms with van der Waals surface area (Å²) < 4.78 is 27.0. The van der Waals surface area contributed by atoms with Gasteiger partial charge in [-0.2, -0.15) is 0 Å². The van der Waals surface area contributed by atoms with E-state index in [9.17, 15) is 23.2 Å². The fourth-order valence-corrected chi connectivity index (χ4v) is 6.81. The smallest absolute Gasteiger partial charge is 0.282 e. The third-order valence-electron chi connectivity index (χ3n) is 8.73. The third-order valence-corrected chi connectivity index (χ3v) is 9.49. The van der Waals surface area contributed by atoms with Crippen molar-refractivity contribution in [1.82, 2.24) is 24.6 Å². The molecule has 1 saturated carbocycles. The quantitative estimate of drug-likeness (QED) is 0.578. The number of hydrogen-bond donors (Lipinski definition) is 0. The van der Waals surface area contributed by atoms with Crippen LogP contribution in [0.4, 0.5) is 8.78 Å². The minimum Gasteiger partial charge on any atom is -0.338 e. The number of halogens is 2. The summed E-state index contributed by atoms with van der Waals surface area (Å²) in [7, 11) is 0. The van der Waals surface area contributed by atoms with Gasteiger partial charge in [0, 0.05) is 94.3 Å². The Morgan fingerprint density at radius 1 is 0.897 bits per heavy atom. The highest BCUT2D eigenvalue weighted by molar-refractivity contribution is 7.11. The molecular formula is C28H33F2N5O3S. The van der Waals surface area contributed by atoms with Crippen molar-refractivity contribution in [3.63, 3.8) is 0 Å². The number of thiazole rings is 1. The maximum Gasteiger partial charge on any atom is 0.282 e. The monoisotopic (exact) mass is 557 g/mol. The molecule has 0 unspecified atom stereocenters. The van der Waals surface area contributed by atoms with E-state index in [0.717, 1.165) is 24.2 Å². The number of amides is 3. The van der Waals surface area contributed by atoms with Crippen LogP contribution in [0, 0.1) is 5.92 Å². The molecule has 6 rings (SSSR count). The van der Waals surface area contributed by atoms with E-state index in [4.69, 9.17) is 0 Å². The van der Waals surface area contributed by atoms with Gasteiger partial charge in [0.25, 0.3) is 11.8 Å². The summed E-state index contributed by atoms with van der Waals surface area (Å²) in [5.41, 5.74) is 2.78. The van der Waals surface area contributed by atoms with Crippen LogP contribution in [0.1, 0.15) is 57.0 Å². The van der Waals surface area contributed by atoms with Gasteiger partial charge < -0.3 is 14.7 Å². The Hall–Kier alpha value is -2.92. The molecule has 3 aliphatic heterocycles. The van der Waals surface area contributed by atoms with Crippen molar-refractivity contribution in [2.24, 2.45) is 5.92 Å². The SMILES string of the molecule is O=C(c1ccc2c(c1)CCN(C(=O)C1CCC(F)(F)CC1)C2)N1CC(N2CCN(C(=O)c3nccs3)CC2)C1. The van der Waals surface area contributed by atoms with Crippen molar-refractivity contribution in [3.05, 3.63) is 51.5 Å². The second-order valence-corrected chi connectivity index (χ2v) is 12.0. The topological polar surface area (TPSA) is 77.1 Å². The number of carbonyl (C=O) groups is 3. The zero-order valence-corrected chi connectivity index (χ0v) is 22.7. The van der Waals surface area contributed by atoms with Crippen molar-refractivity contribution >= 4 is 29.1 Å². The van der Waals surface area contributed by atoms with E-state index < -0.39 is 5.92 Å². The van der Waals surface area contributed by atoms with Crippen molar-refractivity contribution < 1.29 is 23.2 Å². The second kappa shape index (κ2) is 10.6. The number of carbonyl (C=O) groups excluding carboxylic acids is 3. The number of fused-ring (bicyclic) bond motifs is 1. The van der Waals surface area contributed by atoms with E-state index in [0.29, 0.717) is 62.3 Å². The number of nitrogens with zero attached hydrogens (tertiary/aromatic N) is 5. The summed E-state index contributed by atoms with van der Waals surface area (Å²) in [5, 5.41) is 2.34. The van der Waals surface area contributed by atoms with E-state index in [-0.39, 0.29) is 49.3 Å². The second-order valence-electron chi connectivity index (χ2n) is 11.2. The van der Waals surface area contributed by atoms with Gasteiger partial charge in [0.1, 0.15) is 0 Å². The molecular weight excluding hydrogens is 524 g/mol. The first-order valence-corrected chi connectivity index (χ1v) is 14.7. The Kier molecular flexibility index (Phi) is 7.13. The van der Waals surface area contributed by atoms with E-state index in [1.807, 2.05) is 33.4 Å². The highest BCUT2D eigenvalue weighted by atomic mass is 32.1. The lowest BCUT2D eigenvalue weighted by molar-refractivity contribution is -0.140. The molecule has 4 aliphatic rings. The van der Waals surface area contributed by atoms with Gasteiger partial charge in [-0.25, -0.2) is 13.8 Å². The van der Waals surface area contributed by atoms with Gasteiger partial charge in [0.15, 0.2) is 5.01 Å². The molecule has 4 heterocycles. The predicted octanol–water partition coefficient (Wildman–Crippen LogP) is 3.14. The summed E-state index contributed by atoms with van der Waals surface area (Å²) in [4.78, 5) is 50.6. The van der Waals surface area contributed by atoms with E-state index >= 15 is 0 Å².